The molecule has 3 rings (SSSR count). The third kappa shape index (κ3) is 6.51. The monoisotopic (exact) mass is 416 g/mol. The maximum absolute atomic E-state index is 12.8. The van der Waals surface area contributed by atoms with Gasteiger partial charge in [0, 0.05) is 18.2 Å². The smallest absolute Gasteiger partial charge is 0.251 e. The predicted molar refractivity (Wildman–Crippen MR) is 126 cm³/mol. The Bertz CT molecular complexity index is 937. The summed E-state index contributed by atoms with van der Waals surface area (Å²) in [6, 6.07) is 26.3. The molecule has 3 N–H and O–H groups in total. The highest BCUT2D eigenvalue weighted by atomic mass is 16.5. The Kier molecular flexibility index (Phi) is 8.39. The minimum absolute atomic E-state index is 0.125. The fraction of sp³-hybridized carbons (Fsp3) is 0.296. The maximum Gasteiger partial charge on any atom is 0.251 e. The highest BCUT2D eigenvalue weighted by Gasteiger charge is 2.20. The summed E-state index contributed by atoms with van der Waals surface area (Å²) in [4.78, 5) is 12.8. The molecular formula is C27H32N2O2. The van der Waals surface area contributed by atoms with E-state index in [2.05, 4.69) is 61.0 Å². The van der Waals surface area contributed by atoms with E-state index in [0.29, 0.717) is 12.1 Å². The van der Waals surface area contributed by atoms with E-state index >= 15 is 0 Å². The van der Waals surface area contributed by atoms with Gasteiger partial charge in [-0.2, -0.15) is 0 Å². The molecule has 3 aromatic carbocycles. The summed E-state index contributed by atoms with van der Waals surface area (Å²) in [5.74, 6) is 0.0832. The second-order valence-electron chi connectivity index (χ2n) is 8.07. The van der Waals surface area contributed by atoms with Crippen LogP contribution in [-0.4, -0.2) is 23.7 Å². The zero-order valence-corrected chi connectivity index (χ0v) is 18.3. The second-order valence-corrected chi connectivity index (χ2v) is 8.07. The lowest BCUT2D eigenvalue weighted by atomic mass is 9.93. The fourth-order valence-corrected chi connectivity index (χ4v) is 3.73. The lowest BCUT2D eigenvalue weighted by Gasteiger charge is -2.25. The van der Waals surface area contributed by atoms with Gasteiger partial charge in [-0.25, -0.2) is 5.48 Å². The number of aryl methyl sites for hydroxylation is 2. The van der Waals surface area contributed by atoms with Crippen molar-refractivity contribution in [2.24, 2.45) is 5.92 Å². The van der Waals surface area contributed by atoms with Crippen LogP contribution in [0.1, 0.15) is 41.8 Å². The standard InChI is InChI=1S/C27H32N2O2/c1-3-21-11-13-23(14-12-21)24-15-17-25(18-16-24)27(30)29-26(19-28-31)20(2)9-10-22-7-5-4-6-8-22/h4-8,11-18,20,26,28,31H,3,9-10,19H2,1-2H3,(H,29,30)/t20-,26+/m0/s1. The van der Waals surface area contributed by atoms with Gasteiger partial charge in [0.25, 0.3) is 5.91 Å². The van der Waals surface area contributed by atoms with Gasteiger partial charge in [-0.1, -0.05) is 80.6 Å². The number of nitrogens with one attached hydrogen (secondary N) is 2. The van der Waals surface area contributed by atoms with Gasteiger partial charge in [-0.3, -0.25) is 4.79 Å². The number of hydrogen-bond donors (Lipinski definition) is 3. The molecule has 0 saturated carbocycles. The Morgan fingerprint density at radius 3 is 2.06 bits per heavy atom. The van der Waals surface area contributed by atoms with Gasteiger partial charge in [0.2, 0.25) is 0 Å². The summed E-state index contributed by atoms with van der Waals surface area (Å²) >= 11 is 0. The lowest BCUT2D eigenvalue weighted by Crippen LogP contribution is -2.45. The summed E-state index contributed by atoms with van der Waals surface area (Å²) in [6.07, 6.45) is 2.88. The molecule has 0 radical (unpaired) electrons. The van der Waals surface area contributed by atoms with Crippen LogP contribution in [0, 0.1) is 5.92 Å². The van der Waals surface area contributed by atoms with E-state index in [1.54, 1.807) is 0 Å². The Hall–Kier alpha value is -2.95. The van der Waals surface area contributed by atoms with Gasteiger partial charge in [0.15, 0.2) is 0 Å². The molecule has 4 nitrogen and oxygen atoms in total. The molecule has 4 heteroatoms. The van der Waals surface area contributed by atoms with Crippen molar-refractivity contribution in [2.45, 2.75) is 39.2 Å². The van der Waals surface area contributed by atoms with E-state index in [-0.39, 0.29) is 17.9 Å². The molecular weight excluding hydrogens is 384 g/mol. The summed E-state index contributed by atoms with van der Waals surface area (Å²) in [7, 11) is 0. The number of carbonyl (C=O) groups excluding carboxylic acids is 1. The SMILES string of the molecule is CCc1ccc(-c2ccc(C(=O)N[C@H](CNO)[C@@H](C)CCc3ccccc3)cc2)cc1. The number of benzene rings is 3. The van der Waals surface area contributed by atoms with Crippen LogP contribution in [-0.2, 0) is 12.8 Å². The topological polar surface area (TPSA) is 61.4 Å². The van der Waals surface area contributed by atoms with Crippen LogP contribution in [0.4, 0.5) is 0 Å². The summed E-state index contributed by atoms with van der Waals surface area (Å²) < 4.78 is 0. The Labute approximate surface area is 185 Å². The molecule has 0 saturated heterocycles. The summed E-state index contributed by atoms with van der Waals surface area (Å²) in [6.45, 7) is 4.56. The number of hydroxylamine groups is 1. The van der Waals surface area contributed by atoms with Crippen LogP contribution in [0.3, 0.4) is 0 Å². The molecule has 162 valence electrons. The van der Waals surface area contributed by atoms with Crippen molar-refractivity contribution >= 4 is 5.91 Å². The number of carbonyl (C=O) groups is 1. The van der Waals surface area contributed by atoms with Crippen LogP contribution in [0.15, 0.2) is 78.9 Å². The van der Waals surface area contributed by atoms with Gasteiger partial charge in [0.05, 0.1) is 0 Å². The molecule has 31 heavy (non-hydrogen) atoms. The highest BCUT2D eigenvalue weighted by Crippen LogP contribution is 2.21. The first kappa shape index (κ1) is 22.7. The van der Waals surface area contributed by atoms with E-state index in [1.165, 1.54) is 11.1 Å². The van der Waals surface area contributed by atoms with Crippen molar-refractivity contribution in [3.05, 3.63) is 95.6 Å². The molecule has 1 amide bonds. The summed E-state index contributed by atoms with van der Waals surface area (Å²) in [5.41, 5.74) is 7.66. The first-order chi connectivity index (χ1) is 15.1. The van der Waals surface area contributed by atoms with E-state index in [4.69, 9.17) is 0 Å². The van der Waals surface area contributed by atoms with Gasteiger partial charge < -0.3 is 10.5 Å². The van der Waals surface area contributed by atoms with E-state index in [0.717, 1.165) is 30.4 Å². The molecule has 0 fully saturated rings. The van der Waals surface area contributed by atoms with Crippen LogP contribution in [0.5, 0.6) is 0 Å². The van der Waals surface area contributed by atoms with Gasteiger partial charge >= 0.3 is 0 Å². The average Bonchev–Trinajstić information content (AvgIpc) is 2.83. The molecule has 3 aromatic rings. The largest absolute Gasteiger partial charge is 0.348 e. The number of rotatable bonds is 10. The maximum atomic E-state index is 12.8. The zero-order valence-electron chi connectivity index (χ0n) is 18.3. The van der Waals surface area contributed by atoms with Gasteiger partial charge in [-0.15, -0.1) is 0 Å². The van der Waals surface area contributed by atoms with Crippen molar-refractivity contribution in [3.63, 3.8) is 0 Å². The van der Waals surface area contributed by atoms with Crippen LogP contribution < -0.4 is 10.8 Å². The molecule has 0 bridgehead atoms. The first-order valence-corrected chi connectivity index (χ1v) is 11.0. The first-order valence-electron chi connectivity index (χ1n) is 11.0. The molecule has 0 aliphatic carbocycles. The van der Waals surface area contributed by atoms with Gasteiger partial charge in [0.1, 0.15) is 0 Å². The zero-order chi connectivity index (χ0) is 22.1. The third-order valence-electron chi connectivity index (χ3n) is 5.89. The average molecular weight is 417 g/mol. The second kappa shape index (κ2) is 11.4. The van der Waals surface area contributed by atoms with Crippen LogP contribution in [0.25, 0.3) is 11.1 Å². The normalized spacial score (nSPS) is 12.9. The lowest BCUT2D eigenvalue weighted by molar-refractivity contribution is 0.0891. The van der Waals surface area contributed by atoms with E-state index in [1.807, 2.05) is 42.5 Å². The minimum Gasteiger partial charge on any atom is -0.348 e. The van der Waals surface area contributed by atoms with Crippen molar-refractivity contribution in [1.29, 1.82) is 0 Å². The van der Waals surface area contributed by atoms with Gasteiger partial charge in [-0.05, 0) is 59.6 Å². The van der Waals surface area contributed by atoms with Crippen molar-refractivity contribution < 1.29 is 10.0 Å². The number of amides is 1. The molecule has 2 atom stereocenters. The van der Waals surface area contributed by atoms with Crippen molar-refractivity contribution in [2.75, 3.05) is 6.54 Å². The van der Waals surface area contributed by atoms with Crippen LogP contribution in [0.2, 0.25) is 0 Å². The number of hydrogen-bond acceptors (Lipinski definition) is 3. The summed E-state index contributed by atoms with van der Waals surface area (Å²) in [5, 5.41) is 12.3. The van der Waals surface area contributed by atoms with Crippen molar-refractivity contribution in [3.8, 4) is 11.1 Å². The Morgan fingerprint density at radius 1 is 0.871 bits per heavy atom. The molecule has 0 heterocycles. The Morgan fingerprint density at radius 2 is 1.48 bits per heavy atom. The molecule has 0 aromatic heterocycles. The molecule has 0 spiro atoms. The van der Waals surface area contributed by atoms with E-state index in [9.17, 15) is 10.0 Å². The fourth-order valence-electron chi connectivity index (χ4n) is 3.73. The molecule has 0 aliphatic rings. The highest BCUT2D eigenvalue weighted by molar-refractivity contribution is 5.94. The van der Waals surface area contributed by atoms with E-state index < -0.39 is 0 Å². The Balaban J connectivity index is 1.61. The van der Waals surface area contributed by atoms with Crippen molar-refractivity contribution in [1.82, 2.24) is 10.8 Å². The van der Waals surface area contributed by atoms with Crippen LogP contribution >= 0.6 is 0 Å². The predicted octanol–water partition coefficient (Wildman–Crippen LogP) is 5.26. The minimum atomic E-state index is -0.164. The molecule has 0 unspecified atom stereocenters. The quantitative estimate of drug-likeness (QED) is 0.395. The third-order valence-corrected chi connectivity index (χ3v) is 5.89. The molecule has 0 aliphatic heterocycles.